The third-order valence-corrected chi connectivity index (χ3v) is 5.30. The van der Waals surface area contributed by atoms with Gasteiger partial charge in [-0.3, -0.25) is 14.8 Å². The number of carbonyl (C=O) groups is 1. The Bertz CT molecular complexity index is 971. The highest BCUT2D eigenvalue weighted by Gasteiger charge is 2.27. The molecule has 5 nitrogen and oxygen atoms in total. The van der Waals surface area contributed by atoms with E-state index in [1.54, 1.807) is 24.5 Å². The molecule has 6 heteroatoms. The van der Waals surface area contributed by atoms with Crippen LogP contribution >= 0.6 is 0 Å². The number of carbonyl (C=O) groups excluding carboxylic acids is 1. The summed E-state index contributed by atoms with van der Waals surface area (Å²) in [6, 6.07) is 10.6. The van der Waals surface area contributed by atoms with Crippen molar-refractivity contribution in [3.8, 4) is 0 Å². The van der Waals surface area contributed by atoms with Crippen molar-refractivity contribution >= 4 is 5.91 Å². The first-order valence-electron chi connectivity index (χ1n) is 9.85. The summed E-state index contributed by atoms with van der Waals surface area (Å²) in [5.41, 5.74) is 4.32. The number of halogens is 1. The van der Waals surface area contributed by atoms with Crippen molar-refractivity contribution in [1.82, 2.24) is 19.9 Å². The Morgan fingerprint density at radius 3 is 2.52 bits per heavy atom. The number of likely N-dealkylation sites (tertiary alicyclic amines) is 1. The number of benzene rings is 1. The van der Waals surface area contributed by atoms with E-state index in [2.05, 4.69) is 21.0 Å². The maximum absolute atomic E-state index is 13.1. The third kappa shape index (κ3) is 4.65. The summed E-state index contributed by atoms with van der Waals surface area (Å²) in [5, 5.41) is 0. The summed E-state index contributed by atoms with van der Waals surface area (Å²) in [6.07, 6.45) is 7.71. The topological polar surface area (TPSA) is 59.0 Å². The average molecular weight is 390 g/mol. The van der Waals surface area contributed by atoms with Crippen LogP contribution in [0, 0.1) is 12.7 Å². The molecule has 1 saturated heterocycles. The lowest BCUT2D eigenvalue weighted by atomic mass is 9.93. The number of rotatable bonds is 4. The lowest BCUT2D eigenvalue weighted by molar-refractivity contribution is 0.0699. The largest absolute Gasteiger partial charge is 0.337 e. The monoisotopic (exact) mass is 390 g/mol. The quantitative estimate of drug-likeness (QED) is 0.677. The van der Waals surface area contributed by atoms with Crippen LogP contribution in [0.1, 0.15) is 51.8 Å². The molecule has 148 valence electrons. The van der Waals surface area contributed by atoms with Gasteiger partial charge < -0.3 is 4.90 Å². The Kier molecular flexibility index (Phi) is 5.60. The first-order chi connectivity index (χ1) is 14.1. The van der Waals surface area contributed by atoms with Gasteiger partial charge in [0.25, 0.3) is 5.91 Å². The van der Waals surface area contributed by atoms with Crippen LogP contribution in [0.15, 0.2) is 55.0 Å². The van der Waals surface area contributed by atoms with Gasteiger partial charge in [-0.05, 0) is 55.5 Å². The lowest BCUT2D eigenvalue weighted by Gasteiger charge is -2.32. The lowest BCUT2D eigenvalue weighted by Crippen LogP contribution is -2.39. The summed E-state index contributed by atoms with van der Waals surface area (Å²) >= 11 is 0. The van der Waals surface area contributed by atoms with E-state index in [9.17, 15) is 9.18 Å². The van der Waals surface area contributed by atoms with Gasteiger partial charge in [0.2, 0.25) is 0 Å². The van der Waals surface area contributed by atoms with Gasteiger partial charge in [0.1, 0.15) is 11.5 Å². The van der Waals surface area contributed by atoms with Crippen LogP contribution in [0.2, 0.25) is 0 Å². The standard InChI is InChI=1S/C23H23FN4O/c1-16-12-26-22(14-25-16)23(29)28-10-2-3-19(15-28)21-9-6-18(13-27-21)11-17-4-7-20(24)8-5-17/h4-9,12-14,19H,2-3,10-11,15H2,1H3/t19-/m0/s1. The second-order valence-electron chi connectivity index (χ2n) is 7.53. The van der Waals surface area contributed by atoms with Crippen LogP contribution < -0.4 is 0 Å². The normalized spacial score (nSPS) is 16.6. The number of aromatic nitrogens is 3. The van der Waals surface area contributed by atoms with Crippen LogP contribution in [0.4, 0.5) is 4.39 Å². The van der Waals surface area contributed by atoms with Crippen molar-refractivity contribution in [2.75, 3.05) is 13.1 Å². The minimum absolute atomic E-state index is 0.0740. The molecule has 1 amide bonds. The fourth-order valence-corrected chi connectivity index (χ4v) is 3.69. The number of amides is 1. The zero-order valence-electron chi connectivity index (χ0n) is 16.4. The highest BCUT2D eigenvalue weighted by Crippen LogP contribution is 2.26. The van der Waals surface area contributed by atoms with Crippen molar-refractivity contribution < 1.29 is 9.18 Å². The number of pyridine rings is 1. The molecule has 3 heterocycles. The fourth-order valence-electron chi connectivity index (χ4n) is 3.69. The van der Waals surface area contributed by atoms with E-state index in [-0.39, 0.29) is 17.6 Å². The molecular weight excluding hydrogens is 367 g/mol. The van der Waals surface area contributed by atoms with Crippen LogP contribution in [-0.4, -0.2) is 38.8 Å². The van der Waals surface area contributed by atoms with Crippen molar-refractivity contribution in [3.63, 3.8) is 0 Å². The molecule has 2 aromatic heterocycles. The van der Waals surface area contributed by atoms with E-state index in [1.807, 2.05) is 24.1 Å². The molecule has 29 heavy (non-hydrogen) atoms. The predicted octanol–water partition coefficient (Wildman–Crippen LogP) is 3.93. The molecule has 3 aromatic rings. The smallest absolute Gasteiger partial charge is 0.274 e. The van der Waals surface area contributed by atoms with Gasteiger partial charge in [-0.25, -0.2) is 9.37 Å². The van der Waals surface area contributed by atoms with Gasteiger partial charge in [0.05, 0.1) is 11.9 Å². The van der Waals surface area contributed by atoms with E-state index in [4.69, 9.17) is 0 Å². The van der Waals surface area contributed by atoms with E-state index in [1.165, 1.54) is 12.1 Å². The first kappa shape index (κ1) is 19.2. The zero-order chi connectivity index (χ0) is 20.2. The van der Waals surface area contributed by atoms with E-state index < -0.39 is 0 Å². The third-order valence-electron chi connectivity index (χ3n) is 5.30. The molecule has 0 radical (unpaired) electrons. The van der Waals surface area contributed by atoms with Crippen molar-refractivity contribution in [1.29, 1.82) is 0 Å². The van der Waals surface area contributed by atoms with Gasteiger partial charge in [-0.1, -0.05) is 18.2 Å². The molecule has 0 bridgehead atoms. The van der Waals surface area contributed by atoms with Gasteiger partial charge >= 0.3 is 0 Å². The second kappa shape index (κ2) is 8.47. The zero-order valence-corrected chi connectivity index (χ0v) is 16.4. The number of hydrogen-bond donors (Lipinski definition) is 0. The molecule has 0 unspecified atom stereocenters. The minimum Gasteiger partial charge on any atom is -0.337 e. The van der Waals surface area contributed by atoms with Gasteiger partial charge in [0.15, 0.2) is 0 Å². The van der Waals surface area contributed by atoms with Crippen LogP contribution in [0.3, 0.4) is 0 Å². The number of nitrogens with zero attached hydrogens (tertiary/aromatic N) is 4. The molecule has 1 atom stereocenters. The summed E-state index contributed by atoms with van der Waals surface area (Å²) in [5.74, 6) is -0.0867. The Morgan fingerprint density at radius 2 is 1.83 bits per heavy atom. The maximum atomic E-state index is 13.1. The molecule has 0 spiro atoms. The first-order valence-corrected chi connectivity index (χ1v) is 9.85. The molecular formula is C23H23FN4O. The number of hydrogen-bond acceptors (Lipinski definition) is 4. The summed E-state index contributed by atoms with van der Waals surface area (Å²) < 4.78 is 13.1. The van der Waals surface area contributed by atoms with Crippen LogP contribution in [0.5, 0.6) is 0 Å². The van der Waals surface area contributed by atoms with Gasteiger partial charge in [-0.15, -0.1) is 0 Å². The Hall–Kier alpha value is -3.15. The Labute approximate surface area is 169 Å². The fraction of sp³-hybridized carbons (Fsp3) is 0.304. The van der Waals surface area contributed by atoms with E-state index >= 15 is 0 Å². The van der Waals surface area contributed by atoms with Crippen molar-refractivity contribution in [2.24, 2.45) is 0 Å². The minimum atomic E-state index is -0.227. The van der Waals surface area contributed by atoms with E-state index in [0.717, 1.165) is 48.3 Å². The predicted molar refractivity (Wildman–Crippen MR) is 108 cm³/mol. The molecule has 1 aromatic carbocycles. The Balaban J connectivity index is 1.42. The van der Waals surface area contributed by atoms with Gasteiger partial charge in [-0.2, -0.15) is 0 Å². The van der Waals surface area contributed by atoms with Gasteiger partial charge in [0, 0.05) is 37.1 Å². The average Bonchev–Trinajstić information content (AvgIpc) is 2.76. The molecule has 4 rings (SSSR count). The second-order valence-corrected chi connectivity index (χ2v) is 7.53. The molecule has 1 fully saturated rings. The molecule has 1 aliphatic rings. The summed E-state index contributed by atoms with van der Waals surface area (Å²) in [7, 11) is 0. The van der Waals surface area contributed by atoms with Crippen molar-refractivity contribution in [2.45, 2.75) is 32.1 Å². The molecule has 0 N–H and O–H groups in total. The van der Waals surface area contributed by atoms with E-state index in [0.29, 0.717) is 12.2 Å². The maximum Gasteiger partial charge on any atom is 0.274 e. The van der Waals surface area contributed by atoms with Crippen LogP contribution in [-0.2, 0) is 6.42 Å². The highest BCUT2D eigenvalue weighted by molar-refractivity contribution is 5.92. The summed E-state index contributed by atoms with van der Waals surface area (Å²) in [4.78, 5) is 27.6. The SMILES string of the molecule is Cc1cnc(C(=O)N2CCC[C@H](c3ccc(Cc4ccc(F)cc4)cn3)C2)cn1. The van der Waals surface area contributed by atoms with Crippen LogP contribution in [0.25, 0.3) is 0 Å². The number of piperidine rings is 1. The summed E-state index contributed by atoms with van der Waals surface area (Å²) in [6.45, 7) is 3.22. The Morgan fingerprint density at radius 1 is 1.03 bits per heavy atom. The van der Waals surface area contributed by atoms with Crippen molar-refractivity contribution in [3.05, 3.63) is 89.0 Å². The molecule has 0 saturated carbocycles. The molecule has 1 aliphatic heterocycles. The number of aryl methyl sites for hydroxylation is 1. The molecule has 0 aliphatic carbocycles. The highest BCUT2D eigenvalue weighted by atomic mass is 19.1.